The maximum absolute atomic E-state index is 11.5. The zero-order chi connectivity index (χ0) is 15.5. The molecule has 1 atom stereocenters. The standard InChI is InChI=1S/C19H18O3/c1-13(20)11-19-17-6-4-3-5-15(17)12-18(22-19)14-7-9-16(21-2)10-8-14/h3-10,12,19H,11H2,1-2H3. The minimum Gasteiger partial charge on any atom is -0.497 e. The molecule has 0 saturated heterocycles. The minimum absolute atomic E-state index is 0.121. The van der Waals surface area contributed by atoms with Gasteiger partial charge < -0.3 is 9.47 Å². The molecular formula is C19H18O3. The number of Topliss-reactive ketones (excluding diaryl/α,β-unsaturated/α-hetero) is 1. The highest BCUT2D eigenvalue weighted by Crippen LogP contribution is 2.37. The molecule has 0 amide bonds. The van der Waals surface area contributed by atoms with E-state index in [0.717, 1.165) is 28.2 Å². The first-order valence-electron chi connectivity index (χ1n) is 7.28. The van der Waals surface area contributed by atoms with E-state index in [0.29, 0.717) is 6.42 Å². The zero-order valence-corrected chi connectivity index (χ0v) is 12.7. The van der Waals surface area contributed by atoms with E-state index in [1.807, 2.05) is 48.5 Å². The average molecular weight is 294 g/mol. The molecule has 112 valence electrons. The molecule has 0 aliphatic carbocycles. The second-order valence-electron chi connectivity index (χ2n) is 5.38. The van der Waals surface area contributed by atoms with Crippen LogP contribution in [0.25, 0.3) is 11.8 Å². The summed E-state index contributed by atoms with van der Waals surface area (Å²) in [5.41, 5.74) is 3.14. The lowest BCUT2D eigenvalue weighted by Crippen LogP contribution is -2.13. The Morgan fingerprint density at radius 1 is 1.14 bits per heavy atom. The Hall–Kier alpha value is -2.55. The first kappa shape index (κ1) is 14.4. The molecule has 1 unspecified atom stereocenters. The molecule has 0 bridgehead atoms. The number of methoxy groups -OCH3 is 1. The van der Waals surface area contributed by atoms with Gasteiger partial charge in [0.1, 0.15) is 23.4 Å². The monoisotopic (exact) mass is 294 g/mol. The first-order chi connectivity index (χ1) is 10.7. The summed E-state index contributed by atoms with van der Waals surface area (Å²) in [7, 11) is 1.64. The van der Waals surface area contributed by atoms with Crippen molar-refractivity contribution in [3.8, 4) is 5.75 Å². The molecule has 3 rings (SSSR count). The van der Waals surface area contributed by atoms with Gasteiger partial charge in [0.25, 0.3) is 0 Å². The minimum atomic E-state index is -0.226. The van der Waals surface area contributed by atoms with Crippen LogP contribution >= 0.6 is 0 Å². The van der Waals surface area contributed by atoms with Crippen molar-refractivity contribution in [3.05, 3.63) is 65.2 Å². The first-order valence-corrected chi connectivity index (χ1v) is 7.28. The maximum atomic E-state index is 11.5. The van der Waals surface area contributed by atoms with Crippen LogP contribution in [0.15, 0.2) is 48.5 Å². The predicted molar refractivity (Wildman–Crippen MR) is 86.4 cm³/mol. The van der Waals surface area contributed by atoms with Crippen molar-refractivity contribution < 1.29 is 14.3 Å². The lowest BCUT2D eigenvalue weighted by molar-refractivity contribution is -0.118. The summed E-state index contributed by atoms with van der Waals surface area (Å²) in [5, 5.41) is 0. The summed E-state index contributed by atoms with van der Waals surface area (Å²) < 4.78 is 11.3. The highest BCUT2D eigenvalue weighted by atomic mass is 16.5. The van der Waals surface area contributed by atoms with E-state index < -0.39 is 0 Å². The number of fused-ring (bicyclic) bond motifs is 1. The van der Waals surface area contributed by atoms with Crippen molar-refractivity contribution in [2.45, 2.75) is 19.4 Å². The van der Waals surface area contributed by atoms with Crippen LogP contribution in [-0.4, -0.2) is 12.9 Å². The van der Waals surface area contributed by atoms with Crippen molar-refractivity contribution in [1.82, 2.24) is 0 Å². The fraction of sp³-hybridized carbons (Fsp3) is 0.211. The average Bonchev–Trinajstić information content (AvgIpc) is 2.54. The lowest BCUT2D eigenvalue weighted by Gasteiger charge is -2.26. The van der Waals surface area contributed by atoms with E-state index in [2.05, 4.69) is 6.07 Å². The van der Waals surface area contributed by atoms with Crippen molar-refractivity contribution in [2.24, 2.45) is 0 Å². The Morgan fingerprint density at radius 3 is 2.55 bits per heavy atom. The van der Waals surface area contributed by atoms with Crippen LogP contribution < -0.4 is 4.74 Å². The van der Waals surface area contributed by atoms with Crippen LogP contribution in [0.2, 0.25) is 0 Å². The van der Waals surface area contributed by atoms with E-state index in [9.17, 15) is 4.79 Å². The third-order valence-corrected chi connectivity index (χ3v) is 3.75. The molecule has 1 aliphatic heterocycles. The van der Waals surface area contributed by atoms with Crippen LogP contribution in [0.4, 0.5) is 0 Å². The zero-order valence-electron chi connectivity index (χ0n) is 12.7. The summed E-state index contributed by atoms with van der Waals surface area (Å²) in [6, 6.07) is 15.8. The van der Waals surface area contributed by atoms with Gasteiger partial charge in [0.2, 0.25) is 0 Å². The van der Waals surface area contributed by atoms with Crippen molar-refractivity contribution in [3.63, 3.8) is 0 Å². The Bertz CT molecular complexity index is 714. The number of ketones is 1. The van der Waals surface area contributed by atoms with Gasteiger partial charge in [-0.1, -0.05) is 24.3 Å². The summed E-state index contributed by atoms with van der Waals surface area (Å²) in [6.07, 6.45) is 2.17. The van der Waals surface area contributed by atoms with Crippen LogP contribution in [-0.2, 0) is 9.53 Å². The third kappa shape index (κ3) is 2.89. The van der Waals surface area contributed by atoms with E-state index in [1.165, 1.54) is 0 Å². The number of benzene rings is 2. The quantitative estimate of drug-likeness (QED) is 0.846. The van der Waals surface area contributed by atoms with Gasteiger partial charge in [0, 0.05) is 17.5 Å². The number of hydrogen-bond acceptors (Lipinski definition) is 3. The van der Waals surface area contributed by atoms with Crippen LogP contribution in [0.3, 0.4) is 0 Å². The number of rotatable bonds is 4. The summed E-state index contributed by atoms with van der Waals surface area (Å²) >= 11 is 0. The van der Waals surface area contributed by atoms with Gasteiger partial charge in [-0.25, -0.2) is 0 Å². The molecule has 0 fully saturated rings. The fourth-order valence-electron chi connectivity index (χ4n) is 2.65. The summed E-state index contributed by atoms with van der Waals surface area (Å²) in [6.45, 7) is 1.59. The molecule has 2 aromatic carbocycles. The molecule has 3 nitrogen and oxygen atoms in total. The second kappa shape index (κ2) is 6.06. The molecule has 0 N–H and O–H groups in total. The molecule has 0 spiro atoms. The summed E-state index contributed by atoms with van der Waals surface area (Å²) in [4.78, 5) is 11.5. The SMILES string of the molecule is COc1ccc(C2=Cc3ccccc3C(CC(C)=O)O2)cc1. The van der Waals surface area contributed by atoms with Crippen molar-refractivity contribution in [1.29, 1.82) is 0 Å². The Balaban J connectivity index is 1.98. The molecular weight excluding hydrogens is 276 g/mol. The molecule has 3 heteroatoms. The molecule has 0 saturated carbocycles. The Morgan fingerprint density at radius 2 is 1.86 bits per heavy atom. The van der Waals surface area contributed by atoms with Gasteiger partial charge in [-0.05, 0) is 42.8 Å². The van der Waals surface area contributed by atoms with Gasteiger partial charge in [-0.3, -0.25) is 4.79 Å². The van der Waals surface area contributed by atoms with Gasteiger partial charge in [-0.15, -0.1) is 0 Å². The molecule has 0 aromatic heterocycles. The fourth-order valence-corrected chi connectivity index (χ4v) is 2.65. The molecule has 2 aromatic rings. The topological polar surface area (TPSA) is 35.5 Å². The van der Waals surface area contributed by atoms with Gasteiger partial charge >= 0.3 is 0 Å². The summed E-state index contributed by atoms with van der Waals surface area (Å²) in [5.74, 6) is 1.71. The van der Waals surface area contributed by atoms with Crippen molar-refractivity contribution >= 4 is 17.6 Å². The smallest absolute Gasteiger partial charge is 0.133 e. The normalized spacial score (nSPS) is 16.3. The lowest BCUT2D eigenvalue weighted by atomic mass is 9.95. The molecule has 0 radical (unpaired) electrons. The largest absolute Gasteiger partial charge is 0.497 e. The van der Waals surface area contributed by atoms with E-state index in [4.69, 9.17) is 9.47 Å². The predicted octanol–water partition coefficient (Wildman–Crippen LogP) is 4.24. The van der Waals surface area contributed by atoms with E-state index in [1.54, 1.807) is 14.0 Å². The van der Waals surface area contributed by atoms with Gasteiger partial charge in [0.05, 0.1) is 7.11 Å². The maximum Gasteiger partial charge on any atom is 0.133 e. The van der Waals surface area contributed by atoms with E-state index in [-0.39, 0.29) is 11.9 Å². The van der Waals surface area contributed by atoms with E-state index >= 15 is 0 Å². The second-order valence-corrected chi connectivity index (χ2v) is 5.38. The van der Waals surface area contributed by atoms with Gasteiger partial charge in [0.15, 0.2) is 0 Å². The highest BCUT2D eigenvalue weighted by molar-refractivity contribution is 5.82. The number of hydrogen-bond donors (Lipinski definition) is 0. The number of ether oxygens (including phenoxy) is 2. The Kier molecular flexibility index (Phi) is 3.96. The van der Waals surface area contributed by atoms with Crippen LogP contribution in [0.5, 0.6) is 5.75 Å². The van der Waals surface area contributed by atoms with Crippen LogP contribution in [0, 0.1) is 0 Å². The van der Waals surface area contributed by atoms with Crippen LogP contribution in [0.1, 0.15) is 36.1 Å². The molecule has 1 heterocycles. The van der Waals surface area contributed by atoms with Crippen molar-refractivity contribution in [2.75, 3.05) is 7.11 Å². The number of carbonyl (C=O) groups excluding carboxylic acids is 1. The third-order valence-electron chi connectivity index (χ3n) is 3.75. The Labute approximate surface area is 130 Å². The molecule has 22 heavy (non-hydrogen) atoms. The highest BCUT2D eigenvalue weighted by Gasteiger charge is 2.24. The van der Waals surface area contributed by atoms with Gasteiger partial charge in [-0.2, -0.15) is 0 Å². The molecule has 1 aliphatic rings. The number of carbonyl (C=O) groups is 1.